The van der Waals surface area contributed by atoms with Crippen LogP contribution >= 0.6 is 11.3 Å². The van der Waals surface area contributed by atoms with Gasteiger partial charge in [0.1, 0.15) is 11.2 Å². The van der Waals surface area contributed by atoms with Crippen LogP contribution in [0.2, 0.25) is 0 Å². The third-order valence-electron chi connectivity index (χ3n) is 21.0. The lowest BCUT2D eigenvalue weighted by molar-refractivity contribution is 0.669. The van der Waals surface area contributed by atoms with Gasteiger partial charge in [-0.25, -0.2) is 0 Å². The normalized spacial score (nSPS) is 11.9. The number of furan rings is 1. The summed E-state index contributed by atoms with van der Waals surface area (Å²) in [5.41, 5.74) is 25.8. The minimum absolute atomic E-state index is 0.914. The Labute approximate surface area is 590 Å². The van der Waals surface area contributed by atoms with Crippen molar-refractivity contribution in [3.63, 3.8) is 0 Å². The van der Waals surface area contributed by atoms with Crippen LogP contribution < -0.4 is 0 Å². The van der Waals surface area contributed by atoms with Crippen molar-refractivity contribution in [3.8, 4) is 67.3 Å². The highest BCUT2D eigenvalue weighted by molar-refractivity contribution is 7.25. The van der Waals surface area contributed by atoms with Gasteiger partial charge in [0.25, 0.3) is 0 Å². The quantitative estimate of drug-likeness (QED) is 0.149. The molecular weight excluding hydrogens is 1260 g/mol. The van der Waals surface area contributed by atoms with Gasteiger partial charge in [0.2, 0.25) is 0 Å². The Morgan fingerprint density at radius 2 is 0.529 bits per heavy atom. The van der Waals surface area contributed by atoms with Gasteiger partial charge in [-0.1, -0.05) is 218 Å². The summed E-state index contributed by atoms with van der Waals surface area (Å²) in [6.45, 7) is 0. The first-order valence-electron chi connectivity index (χ1n) is 34.9. The number of para-hydroxylation sites is 7. The zero-order chi connectivity index (χ0) is 66.9. The molecule has 16 aromatic carbocycles. The number of rotatable bonds is 8. The van der Waals surface area contributed by atoms with Crippen molar-refractivity contribution in [2.24, 2.45) is 0 Å². The van der Waals surface area contributed by atoms with E-state index in [1.54, 1.807) is 0 Å². The smallest absolute Gasteiger partial charge is 0.136 e. The van der Waals surface area contributed by atoms with E-state index in [0.29, 0.717) is 0 Å². The summed E-state index contributed by atoms with van der Waals surface area (Å²) in [6, 6.07) is 132. The topological polar surface area (TPSA) is 32.9 Å². The summed E-state index contributed by atoms with van der Waals surface area (Å²) in [4.78, 5) is 0. The molecule has 102 heavy (non-hydrogen) atoms. The van der Waals surface area contributed by atoms with Gasteiger partial charge in [0.15, 0.2) is 0 Å². The van der Waals surface area contributed by atoms with Crippen molar-refractivity contribution in [1.82, 2.24) is 18.3 Å². The maximum Gasteiger partial charge on any atom is 0.136 e. The second kappa shape index (κ2) is 23.2. The van der Waals surface area contributed by atoms with Gasteiger partial charge >= 0.3 is 0 Å². The van der Waals surface area contributed by atoms with Gasteiger partial charge in [0, 0.05) is 96.8 Å². The molecule has 0 saturated carbocycles. The Bertz CT molecular complexity index is 7120. The molecule has 0 spiro atoms. The summed E-state index contributed by atoms with van der Waals surface area (Å²) in [6.07, 6.45) is 0. The van der Waals surface area contributed by atoms with E-state index in [-0.39, 0.29) is 0 Å². The van der Waals surface area contributed by atoms with Crippen LogP contribution in [0, 0.1) is 0 Å². The number of fused-ring (bicyclic) bond motifs is 18. The fourth-order valence-electron chi connectivity index (χ4n) is 16.4. The van der Waals surface area contributed by atoms with E-state index in [1.807, 2.05) is 23.5 Å². The Hall–Kier alpha value is -13.3. The van der Waals surface area contributed by atoms with Crippen LogP contribution in [0.5, 0.6) is 0 Å². The van der Waals surface area contributed by atoms with Gasteiger partial charge in [-0.3, -0.25) is 0 Å². The van der Waals surface area contributed by atoms with Crippen molar-refractivity contribution in [3.05, 3.63) is 364 Å². The van der Waals surface area contributed by atoms with Gasteiger partial charge in [0.05, 0.1) is 44.1 Å². The summed E-state index contributed by atoms with van der Waals surface area (Å²) in [5.74, 6) is 0. The van der Waals surface area contributed by atoms with E-state index in [4.69, 9.17) is 4.42 Å². The first-order valence-corrected chi connectivity index (χ1v) is 35.7. The van der Waals surface area contributed by atoms with Gasteiger partial charge in [-0.15, -0.1) is 11.3 Å². The molecule has 0 radical (unpaired) electrons. The molecule has 476 valence electrons. The molecule has 22 aromatic rings. The molecule has 0 fully saturated rings. The van der Waals surface area contributed by atoms with Crippen molar-refractivity contribution < 1.29 is 4.42 Å². The Morgan fingerprint density at radius 1 is 0.186 bits per heavy atom. The fourth-order valence-corrected chi connectivity index (χ4v) is 17.6. The SMILES string of the molecule is c1ccc(-n2c3ccccc3c3cc(-c4ccc5c(c4)c4ccccc4n5-c4ccc(-c5cccc6oc7ccccc7c56)cc4)ccc32)cc1.c1ccc(-n2c3ccccc3c3cc(-c4ccc5c(c4)c4ccccc4n5-c4cccc(-c5ccc6c(c5)sc5ccccc56)c4)ccc32)cc1. The van der Waals surface area contributed by atoms with Gasteiger partial charge < -0.3 is 22.7 Å². The molecule has 6 heteroatoms. The zero-order valence-electron chi connectivity index (χ0n) is 55.2. The van der Waals surface area contributed by atoms with Crippen LogP contribution in [0.25, 0.3) is 197 Å². The number of aromatic nitrogens is 4. The number of benzene rings is 16. The standard InChI is InChI=1S/C48H30N2O.C48H30N2S/c1-2-11-34(12-3-1)49-42-17-7-4-13-37(42)40-29-32(23-27-44(40)49)33-24-28-45-41(30-33)38-14-5-8-18-43(38)50(45)35-25-21-31(22-26-35)36-16-10-20-47-48(36)39-15-6-9-19-46(39)51-47;1-2-12-35(13-3-1)49-43-18-7-4-15-37(43)41-28-32(22-25-45(41)49)33-23-26-46-42(29-33)38-16-5-8-19-44(38)50(46)36-14-10-11-31(27-36)34-21-24-40-39-17-6-9-20-47(39)51-48(40)30-34/h2*1-30H. The third-order valence-corrected chi connectivity index (χ3v) is 22.2. The van der Waals surface area contributed by atoms with Crippen LogP contribution in [-0.2, 0) is 0 Å². The maximum atomic E-state index is 6.19. The minimum atomic E-state index is 0.914. The number of thiophene rings is 1. The van der Waals surface area contributed by atoms with E-state index >= 15 is 0 Å². The second-order valence-corrected chi connectivity index (χ2v) is 27.8. The van der Waals surface area contributed by atoms with E-state index < -0.39 is 0 Å². The van der Waals surface area contributed by atoms with E-state index in [9.17, 15) is 0 Å². The second-order valence-electron chi connectivity index (χ2n) is 26.7. The Kier molecular flexibility index (Phi) is 13.1. The van der Waals surface area contributed by atoms with Crippen LogP contribution in [0.1, 0.15) is 0 Å². The van der Waals surface area contributed by atoms with Gasteiger partial charge in [-0.05, 0) is 190 Å². The predicted molar refractivity (Wildman–Crippen MR) is 432 cm³/mol. The fraction of sp³-hybridized carbons (Fsp3) is 0. The highest BCUT2D eigenvalue weighted by atomic mass is 32.1. The molecule has 0 aliphatic rings. The highest BCUT2D eigenvalue weighted by Crippen LogP contribution is 2.44. The van der Waals surface area contributed by atoms with Crippen LogP contribution in [0.15, 0.2) is 368 Å². The monoisotopic (exact) mass is 1320 g/mol. The minimum Gasteiger partial charge on any atom is -0.456 e. The van der Waals surface area contributed by atoms with Gasteiger partial charge in [-0.2, -0.15) is 0 Å². The molecule has 0 saturated heterocycles. The molecule has 0 amide bonds. The Morgan fingerprint density at radius 3 is 1.04 bits per heavy atom. The lowest BCUT2D eigenvalue weighted by Gasteiger charge is -2.11. The van der Waals surface area contributed by atoms with E-state index in [1.165, 1.54) is 163 Å². The van der Waals surface area contributed by atoms with Crippen molar-refractivity contribution in [2.75, 3.05) is 0 Å². The van der Waals surface area contributed by atoms with E-state index in [0.717, 1.165) is 33.3 Å². The largest absolute Gasteiger partial charge is 0.456 e. The van der Waals surface area contributed by atoms with Crippen LogP contribution in [0.3, 0.4) is 0 Å². The first-order chi connectivity index (χ1) is 50.6. The molecule has 0 aliphatic heterocycles. The highest BCUT2D eigenvalue weighted by Gasteiger charge is 2.21. The maximum absolute atomic E-state index is 6.19. The summed E-state index contributed by atoms with van der Waals surface area (Å²) >= 11 is 1.87. The molecule has 6 aromatic heterocycles. The zero-order valence-corrected chi connectivity index (χ0v) is 56.1. The number of hydrogen-bond acceptors (Lipinski definition) is 2. The predicted octanol–water partition coefficient (Wildman–Crippen LogP) is 26.7. The Balaban J connectivity index is 0.000000133. The average molecular weight is 1320 g/mol. The molecule has 0 unspecified atom stereocenters. The number of nitrogens with zero attached hydrogens (tertiary/aromatic N) is 4. The first kappa shape index (κ1) is 57.8. The van der Waals surface area contributed by atoms with Crippen molar-refractivity contribution in [2.45, 2.75) is 0 Å². The molecule has 0 atom stereocenters. The molecule has 0 N–H and O–H groups in total. The molecule has 0 aliphatic carbocycles. The lowest BCUT2D eigenvalue weighted by Crippen LogP contribution is -1.94. The summed E-state index contributed by atoms with van der Waals surface area (Å²) < 4.78 is 18.4. The lowest BCUT2D eigenvalue weighted by atomic mass is 9.99. The molecule has 6 heterocycles. The van der Waals surface area contributed by atoms with Crippen LogP contribution in [-0.4, -0.2) is 18.3 Å². The van der Waals surface area contributed by atoms with E-state index in [2.05, 4.69) is 370 Å². The molecule has 0 bridgehead atoms. The third kappa shape index (κ3) is 9.17. The summed E-state index contributed by atoms with van der Waals surface area (Å²) in [5, 5.41) is 15.0. The van der Waals surface area contributed by atoms with Crippen LogP contribution in [0.4, 0.5) is 0 Å². The number of hydrogen-bond donors (Lipinski definition) is 0. The molecule has 22 rings (SSSR count). The van der Waals surface area contributed by atoms with Crippen molar-refractivity contribution >= 4 is 141 Å². The molecule has 5 nitrogen and oxygen atoms in total. The molecular formula is C96H60N4OS. The van der Waals surface area contributed by atoms with Crippen molar-refractivity contribution in [1.29, 1.82) is 0 Å². The summed E-state index contributed by atoms with van der Waals surface area (Å²) in [7, 11) is 0. The average Bonchev–Trinajstić information content (AvgIpc) is 1.59.